The summed E-state index contributed by atoms with van der Waals surface area (Å²) in [5.74, 6) is -2.38. The summed E-state index contributed by atoms with van der Waals surface area (Å²) in [4.78, 5) is 27.5. The van der Waals surface area contributed by atoms with Crippen LogP contribution in [0.2, 0.25) is 0 Å². The number of methoxy groups -OCH3 is 1. The quantitative estimate of drug-likeness (QED) is 0.791. The van der Waals surface area contributed by atoms with E-state index in [9.17, 15) is 18.4 Å². The summed E-state index contributed by atoms with van der Waals surface area (Å²) in [6.07, 6.45) is -1.01. The number of halogens is 2. The highest BCUT2D eigenvalue weighted by atomic mass is 19.3. The molecule has 9 heteroatoms. The SMILES string of the molecule is COc1cc2c(OC[C@H]3NC(=O)[C@@H]4C(C(F)F)[C@@H]43)nccc2cc1C(N)=O. The first kappa shape index (κ1) is 17.4. The van der Waals surface area contributed by atoms with Crippen LogP contribution in [-0.4, -0.2) is 43.0 Å². The van der Waals surface area contributed by atoms with E-state index in [4.69, 9.17) is 15.2 Å². The van der Waals surface area contributed by atoms with Crippen molar-refractivity contribution in [2.24, 2.45) is 23.5 Å². The van der Waals surface area contributed by atoms with Crippen LogP contribution in [0.25, 0.3) is 10.8 Å². The third-order valence-corrected chi connectivity index (χ3v) is 5.23. The number of primary amides is 1. The molecule has 1 aromatic carbocycles. The number of hydrogen-bond acceptors (Lipinski definition) is 5. The summed E-state index contributed by atoms with van der Waals surface area (Å²) in [5.41, 5.74) is 5.59. The van der Waals surface area contributed by atoms with Gasteiger partial charge in [0.2, 0.25) is 18.2 Å². The molecular formula is C18H17F2N3O4. The molecular weight excluding hydrogens is 360 g/mol. The number of aromatic nitrogens is 1. The van der Waals surface area contributed by atoms with Crippen molar-refractivity contribution in [3.05, 3.63) is 30.0 Å². The molecule has 142 valence electrons. The number of benzene rings is 1. The van der Waals surface area contributed by atoms with Gasteiger partial charge in [-0.05, 0) is 23.6 Å². The zero-order chi connectivity index (χ0) is 19.3. The minimum atomic E-state index is -2.51. The van der Waals surface area contributed by atoms with Crippen LogP contribution in [0, 0.1) is 17.8 Å². The number of carbonyl (C=O) groups excluding carboxylic acids is 2. The van der Waals surface area contributed by atoms with E-state index in [0.29, 0.717) is 10.8 Å². The van der Waals surface area contributed by atoms with Gasteiger partial charge >= 0.3 is 0 Å². The summed E-state index contributed by atoms with van der Waals surface area (Å²) in [7, 11) is 1.41. The average Bonchev–Trinajstić information content (AvgIpc) is 3.32. The second kappa shape index (κ2) is 6.33. The first-order valence-electron chi connectivity index (χ1n) is 8.40. The number of nitrogens with one attached hydrogen (secondary N) is 1. The van der Waals surface area contributed by atoms with Crippen molar-refractivity contribution in [3.8, 4) is 11.6 Å². The van der Waals surface area contributed by atoms with Crippen LogP contribution in [0.4, 0.5) is 8.78 Å². The Kier molecular flexibility index (Phi) is 4.09. The van der Waals surface area contributed by atoms with E-state index in [-0.39, 0.29) is 29.7 Å². The van der Waals surface area contributed by atoms with Crippen molar-refractivity contribution in [1.29, 1.82) is 0 Å². The first-order chi connectivity index (χ1) is 12.9. The summed E-state index contributed by atoms with van der Waals surface area (Å²) in [6, 6.07) is 4.37. The monoisotopic (exact) mass is 377 g/mol. The van der Waals surface area contributed by atoms with E-state index in [1.165, 1.54) is 13.3 Å². The van der Waals surface area contributed by atoms with E-state index < -0.39 is 36.1 Å². The first-order valence-corrected chi connectivity index (χ1v) is 8.40. The Morgan fingerprint density at radius 1 is 1.41 bits per heavy atom. The van der Waals surface area contributed by atoms with Crippen molar-refractivity contribution in [2.45, 2.75) is 12.5 Å². The molecule has 4 atom stereocenters. The number of piperidine rings is 1. The molecule has 0 bridgehead atoms. The Balaban J connectivity index is 1.58. The summed E-state index contributed by atoms with van der Waals surface area (Å²) in [5, 5.41) is 3.94. The van der Waals surface area contributed by atoms with Gasteiger partial charge in [-0.25, -0.2) is 13.8 Å². The van der Waals surface area contributed by atoms with Gasteiger partial charge in [-0.15, -0.1) is 0 Å². The second-order valence-electron chi connectivity index (χ2n) is 6.70. The predicted molar refractivity (Wildman–Crippen MR) is 90.7 cm³/mol. The van der Waals surface area contributed by atoms with Gasteiger partial charge in [0.1, 0.15) is 12.4 Å². The van der Waals surface area contributed by atoms with Crippen molar-refractivity contribution >= 4 is 22.6 Å². The maximum Gasteiger partial charge on any atom is 0.252 e. The lowest BCUT2D eigenvalue weighted by molar-refractivity contribution is -0.122. The van der Waals surface area contributed by atoms with E-state index in [1.807, 2.05) is 0 Å². The van der Waals surface area contributed by atoms with Gasteiger partial charge in [-0.1, -0.05) is 0 Å². The lowest BCUT2D eigenvalue weighted by Crippen LogP contribution is -2.38. The highest BCUT2D eigenvalue weighted by Gasteiger charge is 2.67. The van der Waals surface area contributed by atoms with Crippen LogP contribution in [0.15, 0.2) is 24.4 Å². The molecule has 2 heterocycles. The number of nitrogens with two attached hydrogens (primary N) is 1. The van der Waals surface area contributed by atoms with Gasteiger partial charge in [0, 0.05) is 23.4 Å². The van der Waals surface area contributed by atoms with Crippen LogP contribution in [0.1, 0.15) is 10.4 Å². The number of alkyl halides is 2. The summed E-state index contributed by atoms with van der Waals surface area (Å²) in [6.45, 7) is 0.0299. The molecule has 2 fully saturated rings. The summed E-state index contributed by atoms with van der Waals surface area (Å²) >= 11 is 0. The van der Waals surface area contributed by atoms with Crippen molar-refractivity contribution in [1.82, 2.24) is 10.3 Å². The number of fused-ring (bicyclic) bond motifs is 2. The molecule has 4 rings (SSSR count). The van der Waals surface area contributed by atoms with E-state index in [2.05, 4.69) is 10.3 Å². The smallest absolute Gasteiger partial charge is 0.252 e. The molecule has 3 N–H and O–H groups in total. The van der Waals surface area contributed by atoms with Crippen LogP contribution < -0.4 is 20.5 Å². The zero-order valence-corrected chi connectivity index (χ0v) is 14.3. The Morgan fingerprint density at radius 2 is 2.19 bits per heavy atom. The van der Waals surface area contributed by atoms with Crippen LogP contribution in [-0.2, 0) is 4.79 Å². The minimum Gasteiger partial charge on any atom is -0.496 e. The highest BCUT2D eigenvalue weighted by molar-refractivity contribution is 6.01. The van der Waals surface area contributed by atoms with Crippen LogP contribution in [0.3, 0.4) is 0 Å². The van der Waals surface area contributed by atoms with Gasteiger partial charge in [-0.3, -0.25) is 9.59 Å². The number of nitrogens with zero attached hydrogens (tertiary/aromatic N) is 1. The van der Waals surface area contributed by atoms with Crippen molar-refractivity contribution in [2.75, 3.05) is 13.7 Å². The van der Waals surface area contributed by atoms with E-state index in [0.717, 1.165) is 0 Å². The number of carbonyl (C=O) groups is 2. The molecule has 1 aliphatic heterocycles. The molecule has 2 aliphatic rings. The van der Waals surface area contributed by atoms with Gasteiger partial charge in [0.25, 0.3) is 5.91 Å². The van der Waals surface area contributed by atoms with Gasteiger partial charge in [0.15, 0.2) is 0 Å². The lowest BCUT2D eigenvalue weighted by Gasteiger charge is -2.17. The zero-order valence-electron chi connectivity index (χ0n) is 14.3. The maximum absolute atomic E-state index is 13.0. The molecule has 0 radical (unpaired) electrons. The van der Waals surface area contributed by atoms with Gasteiger partial charge in [0.05, 0.1) is 24.6 Å². The fourth-order valence-corrected chi connectivity index (χ4v) is 3.90. The standard InChI is InChI=1S/C18H17F2N3O4/c1-26-11-5-8-7(4-9(11)16(21)24)2-3-22-18(8)27-6-10-12-13(15(19)20)14(12)17(25)23-10/h2-5,10,12-15H,6H2,1H3,(H2,21,24)(H,23,25)/t10-,12+,13?,14+/m1/s1. The third kappa shape index (κ3) is 2.83. The number of ether oxygens (including phenoxy) is 2. The molecule has 1 saturated carbocycles. The third-order valence-electron chi connectivity index (χ3n) is 5.23. The maximum atomic E-state index is 13.0. The largest absolute Gasteiger partial charge is 0.496 e. The second-order valence-corrected chi connectivity index (χ2v) is 6.70. The molecule has 1 aromatic heterocycles. The lowest BCUT2D eigenvalue weighted by atomic mass is 10.1. The Hall–Kier alpha value is -2.97. The minimum absolute atomic E-state index is 0.0299. The normalized spacial score (nSPS) is 26.0. The fourth-order valence-electron chi connectivity index (χ4n) is 3.90. The number of rotatable bonds is 6. The molecule has 1 saturated heterocycles. The number of amides is 2. The Morgan fingerprint density at radius 3 is 2.81 bits per heavy atom. The highest BCUT2D eigenvalue weighted by Crippen LogP contribution is 2.55. The van der Waals surface area contributed by atoms with E-state index in [1.54, 1.807) is 18.2 Å². The molecule has 1 aliphatic carbocycles. The van der Waals surface area contributed by atoms with Crippen LogP contribution in [0.5, 0.6) is 11.6 Å². The number of pyridine rings is 1. The molecule has 1 unspecified atom stereocenters. The fraction of sp³-hybridized carbons (Fsp3) is 0.389. The molecule has 2 amide bonds. The summed E-state index contributed by atoms with van der Waals surface area (Å²) < 4.78 is 36.9. The predicted octanol–water partition coefficient (Wildman–Crippen LogP) is 1.35. The van der Waals surface area contributed by atoms with Gasteiger partial charge in [-0.2, -0.15) is 0 Å². The molecule has 7 nitrogen and oxygen atoms in total. The molecule has 27 heavy (non-hydrogen) atoms. The van der Waals surface area contributed by atoms with Crippen LogP contribution >= 0.6 is 0 Å². The van der Waals surface area contributed by atoms with Crippen molar-refractivity contribution in [3.63, 3.8) is 0 Å². The topological polar surface area (TPSA) is 104 Å². The Bertz CT molecular complexity index is 936. The molecule has 0 spiro atoms. The Labute approximate surface area is 152 Å². The van der Waals surface area contributed by atoms with Crippen molar-refractivity contribution < 1.29 is 27.8 Å². The number of hydrogen-bond donors (Lipinski definition) is 2. The average molecular weight is 377 g/mol. The molecule has 2 aromatic rings. The van der Waals surface area contributed by atoms with Gasteiger partial charge < -0.3 is 20.5 Å². The van der Waals surface area contributed by atoms with E-state index >= 15 is 0 Å².